The number of halogens is 1. The van der Waals surface area contributed by atoms with Crippen LogP contribution in [0.25, 0.3) is 22.3 Å². The Balaban J connectivity index is 2.31. The number of anilines is 1. The molecule has 2 aromatic heterocycles. The van der Waals surface area contributed by atoms with Crippen LogP contribution in [-0.4, -0.2) is 14.8 Å². The summed E-state index contributed by atoms with van der Waals surface area (Å²) in [6.07, 6.45) is 0. The van der Waals surface area contributed by atoms with Gasteiger partial charge in [0.2, 0.25) is 0 Å². The van der Waals surface area contributed by atoms with Crippen molar-refractivity contribution >= 4 is 32.7 Å². The van der Waals surface area contributed by atoms with Crippen molar-refractivity contribution < 1.29 is 0 Å². The van der Waals surface area contributed by atoms with Crippen molar-refractivity contribution in [3.8, 4) is 11.4 Å². The fourth-order valence-electron chi connectivity index (χ4n) is 2.05. The van der Waals surface area contributed by atoms with Gasteiger partial charge in [0, 0.05) is 28.5 Å². The molecule has 0 aliphatic heterocycles. The number of nitrogens with zero attached hydrogens (tertiary/aromatic N) is 2. The van der Waals surface area contributed by atoms with E-state index in [2.05, 4.69) is 42.8 Å². The normalized spacial score (nSPS) is 11.2. The highest BCUT2D eigenvalue weighted by Gasteiger charge is 2.11. The first-order valence-corrected chi connectivity index (χ1v) is 6.01. The first-order chi connectivity index (χ1) is 8.16. The highest BCUT2D eigenvalue weighted by atomic mass is 79.9. The van der Waals surface area contributed by atoms with Gasteiger partial charge in [0.25, 0.3) is 0 Å². The summed E-state index contributed by atoms with van der Waals surface area (Å²) in [5, 5.41) is 8.07. The second kappa shape index (κ2) is 3.63. The van der Waals surface area contributed by atoms with Gasteiger partial charge in [0.1, 0.15) is 5.82 Å². The summed E-state index contributed by atoms with van der Waals surface area (Å²) in [4.78, 5) is 0. The zero-order chi connectivity index (χ0) is 12.0. The van der Waals surface area contributed by atoms with Crippen molar-refractivity contribution in [3.05, 3.63) is 34.8 Å². The van der Waals surface area contributed by atoms with Crippen LogP contribution >= 0.6 is 15.9 Å². The van der Waals surface area contributed by atoms with E-state index in [1.165, 1.54) is 10.9 Å². The van der Waals surface area contributed by atoms with Crippen LogP contribution in [0.4, 0.5) is 5.82 Å². The number of hydrogen-bond acceptors (Lipinski definition) is 2. The molecule has 0 aliphatic carbocycles. The quantitative estimate of drug-likeness (QED) is 0.724. The molecule has 1 aromatic carbocycles. The first kappa shape index (κ1) is 10.4. The third kappa shape index (κ3) is 1.54. The summed E-state index contributed by atoms with van der Waals surface area (Å²) in [5.74, 6) is 0.504. The molecule has 0 bridgehead atoms. The Labute approximate surface area is 107 Å². The molecular weight excluding hydrogens is 280 g/mol. The predicted molar refractivity (Wildman–Crippen MR) is 72.6 cm³/mol. The van der Waals surface area contributed by atoms with E-state index in [1.54, 1.807) is 0 Å². The molecule has 17 heavy (non-hydrogen) atoms. The van der Waals surface area contributed by atoms with Crippen molar-refractivity contribution in [1.82, 2.24) is 14.8 Å². The van der Waals surface area contributed by atoms with Crippen LogP contribution in [0.15, 0.2) is 34.8 Å². The lowest BCUT2D eigenvalue weighted by Crippen LogP contribution is -1.91. The Bertz CT molecular complexity index is 696. The molecule has 0 fully saturated rings. The van der Waals surface area contributed by atoms with Crippen molar-refractivity contribution in [2.75, 3.05) is 5.73 Å². The standard InChI is InChI=1S/C12H11BrN4/c1-17-10-4-2-3-8(13)7(10)5-11(17)9-6-12(14)16-15-9/h2-6H,1H3,(H3,14,15,16). The highest BCUT2D eigenvalue weighted by molar-refractivity contribution is 9.10. The zero-order valence-electron chi connectivity index (χ0n) is 9.24. The minimum absolute atomic E-state index is 0.504. The van der Waals surface area contributed by atoms with Gasteiger partial charge in [0.15, 0.2) is 0 Å². The van der Waals surface area contributed by atoms with E-state index in [9.17, 15) is 0 Å². The number of nitrogen functional groups attached to an aromatic ring is 1. The van der Waals surface area contributed by atoms with Crippen LogP contribution in [0.5, 0.6) is 0 Å². The van der Waals surface area contributed by atoms with E-state index < -0.39 is 0 Å². The van der Waals surface area contributed by atoms with Gasteiger partial charge in [-0.05, 0) is 18.2 Å². The maximum Gasteiger partial charge on any atom is 0.145 e. The second-order valence-corrected chi connectivity index (χ2v) is 4.82. The summed E-state index contributed by atoms with van der Waals surface area (Å²) in [5.41, 5.74) is 8.79. The largest absolute Gasteiger partial charge is 0.382 e. The molecule has 3 N–H and O–H groups in total. The van der Waals surface area contributed by atoms with Gasteiger partial charge in [-0.3, -0.25) is 5.10 Å². The summed E-state index contributed by atoms with van der Waals surface area (Å²) in [7, 11) is 2.03. The van der Waals surface area contributed by atoms with Crippen LogP contribution in [0.1, 0.15) is 0 Å². The average Bonchev–Trinajstić information content (AvgIpc) is 2.85. The van der Waals surface area contributed by atoms with Crippen LogP contribution in [0.3, 0.4) is 0 Å². The molecule has 4 nitrogen and oxygen atoms in total. The van der Waals surface area contributed by atoms with Crippen LogP contribution < -0.4 is 5.73 Å². The van der Waals surface area contributed by atoms with Crippen molar-refractivity contribution in [1.29, 1.82) is 0 Å². The van der Waals surface area contributed by atoms with E-state index in [0.29, 0.717) is 5.82 Å². The van der Waals surface area contributed by atoms with Gasteiger partial charge in [0.05, 0.1) is 11.4 Å². The molecule has 0 aliphatic rings. The monoisotopic (exact) mass is 290 g/mol. The second-order valence-electron chi connectivity index (χ2n) is 3.97. The van der Waals surface area contributed by atoms with E-state index in [-0.39, 0.29) is 0 Å². The molecule has 5 heteroatoms. The van der Waals surface area contributed by atoms with E-state index in [0.717, 1.165) is 15.9 Å². The lowest BCUT2D eigenvalue weighted by Gasteiger charge is -2.01. The predicted octanol–water partition coefficient (Wildman–Crippen LogP) is 2.91. The number of aryl methyl sites for hydroxylation is 1. The Morgan fingerprint density at radius 1 is 1.35 bits per heavy atom. The zero-order valence-corrected chi connectivity index (χ0v) is 10.8. The van der Waals surface area contributed by atoms with Crippen molar-refractivity contribution in [2.24, 2.45) is 7.05 Å². The Morgan fingerprint density at radius 2 is 2.18 bits per heavy atom. The number of aromatic amines is 1. The summed E-state index contributed by atoms with van der Waals surface area (Å²) >= 11 is 3.56. The molecule has 0 unspecified atom stereocenters. The van der Waals surface area contributed by atoms with Crippen LogP contribution in [0.2, 0.25) is 0 Å². The van der Waals surface area contributed by atoms with E-state index in [4.69, 9.17) is 5.73 Å². The number of hydrogen-bond donors (Lipinski definition) is 2. The molecule has 0 amide bonds. The summed E-state index contributed by atoms with van der Waals surface area (Å²) in [6.45, 7) is 0. The average molecular weight is 291 g/mol. The summed E-state index contributed by atoms with van der Waals surface area (Å²) in [6, 6.07) is 10.1. The molecule has 0 spiro atoms. The van der Waals surface area contributed by atoms with Crippen molar-refractivity contribution in [2.45, 2.75) is 0 Å². The Morgan fingerprint density at radius 3 is 2.82 bits per heavy atom. The molecule has 3 aromatic rings. The number of nitrogens with two attached hydrogens (primary N) is 1. The van der Waals surface area contributed by atoms with Gasteiger partial charge in [-0.2, -0.15) is 5.10 Å². The van der Waals surface area contributed by atoms with Gasteiger partial charge < -0.3 is 10.3 Å². The molecule has 0 radical (unpaired) electrons. The maximum absolute atomic E-state index is 5.63. The number of benzene rings is 1. The fourth-order valence-corrected chi connectivity index (χ4v) is 2.52. The number of aromatic nitrogens is 3. The lowest BCUT2D eigenvalue weighted by atomic mass is 10.2. The first-order valence-electron chi connectivity index (χ1n) is 5.22. The minimum atomic E-state index is 0.504. The highest BCUT2D eigenvalue weighted by Crippen LogP contribution is 2.31. The molecule has 0 saturated heterocycles. The molecule has 0 saturated carbocycles. The minimum Gasteiger partial charge on any atom is -0.382 e. The van der Waals surface area contributed by atoms with Gasteiger partial charge in [-0.1, -0.05) is 22.0 Å². The number of nitrogens with one attached hydrogen (secondary N) is 1. The lowest BCUT2D eigenvalue weighted by molar-refractivity contribution is 0.964. The molecule has 0 atom stereocenters. The third-order valence-electron chi connectivity index (χ3n) is 2.91. The molecular formula is C12H11BrN4. The summed E-state index contributed by atoms with van der Waals surface area (Å²) < 4.78 is 3.21. The van der Waals surface area contributed by atoms with Gasteiger partial charge in [-0.25, -0.2) is 0 Å². The molecule has 86 valence electrons. The van der Waals surface area contributed by atoms with Crippen LogP contribution in [-0.2, 0) is 7.05 Å². The topological polar surface area (TPSA) is 59.6 Å². The van der Waals surface area contributed by atoms with Crippen LogP contribution in [0, 0.1) is 0 Å². The van der Waals surface area contributed by atoms with E-state index >= 15 is 0 Å². The number of fused-ring (bicyclic) bond motifs is 1. The van der Waals surface area contributed by atoms with Crippen molar-refractivity contribution in [3.63, 3.8) is 0 Å². The smallest absolute Gasteiger partial charge is 0.145 e. The maximum atomic E-state index is 5.63. The molecule has 2 heterocycles. The van der Waals surface area contributed by atoms with E-state index in [1.807, 2.05) is 25.2 Å². The SMILES string of the molecule is Cn1c(-c2cc(N)n[nH]2)cc2c(Br)cccc21. The number of H-pyrrole nitrogens is 1. The number of rotatable bonds is 1. The van der Waals surface area contributed by atoms with Gasteiger partial charge >= 0.3 is 0 Å². The Hall–Kier alpha value is -1.75. The molecule has 3 rings (SSSR count). The Kier molecular flexibility index (Phi) is 2.22. The van der Waals surface area contributed by atoms with Gasteiger partial charge in [-0.15, -0.1) is 0 Å². The third-order valence-corrected chi connectivity index (χ3v) is 3.60. The fraction of sp³-hybridized carbons (Fsp3) is 0.0833.